The predicted molar refractivity (Wildman–Crippen MR) is 109 cm³/mol. The number of aromatic nitrogens is 1. The highest BCUT2D eigenvalue weighted by Crippen LogP contribution is 2.24. The summed E-state index contributed by atoms with van der Waals surface area (Å²) >= 11 is 0. The molecule has 1 heterocycles. The summed E-state index contributed by atoms with van der Waals surface area (Å²) in [6.07, 6.45) is 0.267. The van der Waals surface area contributed by atoms with Gasteiger partial charge in [0.15, 0.2) is 0 Å². The monoisotopic (exact) mass is 363 g/mol. The first-order valence-corrected chi connectivity index (χ1v) is 9.17. The summed E-state index contributed by atoms with van der Waals surface area (Å²) in [6.45, 7) is 3.99. The number of fused-ring (bicyclic) bond motifs is 1. The molecule has 2 aromatic carbocycles. The van der Waals surface area contributed by atoms with Gasteiger partial charge in [-0.1, -0.05) is 50.2 Å². The van der Waals surface area contributed by atoms with Gasteiger partial charge in [0, 0.05) is 41.7 Å². The number of nitrogens with one attached hydrogen (secondary N) is 3. The van der Waals surface area contributed by atoms with Crippen molar-refractivity contribution in [1.82, 2.24) is 15.6 Å². The van der Waals surface area contributed by atoms with E-state index in [0.717, 1.165) is 22.2 Å². The van der Waals surface area contributed by atoms with E-state index in [1.54, 1.807) is 7.05 Å². The van der Waals surface area contributed by atoms with E-state index in [9.17, 15) is 9.59 Å². The van der Waals surface area contributed by atoms with Gasteiger partial charge in [-0.2, -0.15) is 0 Å². The number of aromatic amines is 1. The van der Waals surface area contributed by atoms with Crippen molar-refractivity contribution in [2.75, 3.05) is 7.05 Å². The Morgan fingerprint density at radius 2 is 1.78 bits per heavy atom. The fourth-order valence-corrected chi connectivity index (χ4v) is 3.05. The van der Waals surface area contributed by atoms with Crippen LogP contribution in [0.2, 0.25) is 0 Å². The van der Waals surface area contributed by atoms with E-state index < -0.39 is 0 Å². The maximum Gasteiger partial charge on any atom is 0.251 e. The molecule has 3 rings (SSSR count). The van der Waals surface area contributed by atoms with Crippen molar-refractivity contribution in [2.45, 2.75) is 26.3 Å². The van der Waals surface area contributed by atoms with Gasteiger partial charge < -0.3 is 15.6 Å². The quantitative estimate of drug-likeness (QED) is 0.624. The van der Waals surface area contributed by atoms with Crippen LogP contribution in [0.5, 0.6) is 0 Å². The highest BCUT2D eigenvalue weighted by molar-refractivity contribution is 5.99. The molecule has 3 aromatic rings. The topological polar surface area (TPSA) is 74.0 Å². The summed E-state index contributed by atoms with van der Waals surface area (Å²) in [5.74, 6) is -0.0955. The minimum atomic E-state index is -0.211. The number of carbonyl (C=O) groups excluding carboxylic acids is 2. The number of benzene rings is 2. The van der Waals surface area contributed by atoms with Crippen LogP contribution in [-0.4, -0.2) is 29.9 Å². The molecule has 0 spiro atoms. The molecule has 3 N–H and O–H groups in total. The SMILES string of the molecule is CNC(=O)CC(NC(=O)c1ccc2cc(-c3ccccc3)[nH]c2c1)C(C)C. The second-order valence-corrected chi connectivity index (χ2v) is 7.05. The van der Waals surface area contributed by atoms with Gasteiger partial charge in [0.05, 0.1) is 0 Å². The Balaban J connectivity index is 1.81. The predicted octanol–water partition coefficient (Wildman–Crippen LogP) is 3.73. The summed E-state index contributed by atoms with van der Waals surface area (Å²) in [6, 6.07) is 17.6. The van der Waals surface area contributed by atoms with Crippen molar-refractivity contribution < 1.29 is 9.59 Å². The molecule has 1 unspecified atom stereocenters. The highest BCUT2D eigenvalue weighted by atomic mass is 16.2. The van der Waals surface area contributed by atoms with Gasteiger partial charge in [0.2, 0.25) is 5.91 Å². The Bertz CT molecular complexity index is 945. The van der Waals surface area contributed by atoms with Crippen LogP contribution in [-0.2, 0) is 4.79 Å². The van der Waals surface area contributed by atoms with Crippen LogP contribution in [0.3, 0.4) is 0 Å². The van der Waals surface area contributed by atoms with E-state index in [1.165, 1.54) is 0 Å². The average molecular weight is 363 g/mol. The van der Waals surface area contributed by atoms with Crippen LogP contribution >= 0.6 is 0 Å². The van der Waals surface area contributed by atoms with Gasteiger partial charge >= 0.3 is 0 Å². The zero-order chi connectivity index (χ0) is 19.4. The molecular formula is C22H25N3O2. The highest BCUT2D eigenvalue weighted by Gasteiger charge is 2.20. The number of carbonyl (C=O) groups is 2. The van der Waals surface area contributed by atoms with Crippen LogP contribution in [0.1, 0.15) is 30.6 Å². The van der Waals surface area contributed by atoms with Crippen molar-refractivity contribution in [2.24, 2.45) is 5.92 Å². The Kier molecular flexibility index (Phi) is 5.60. The summed E-state index contributed by atoms with van der Waals surface area (Å²) in [4.78, 5) is 27.8. The lowest BCUT2D eigenvalue weighted by Gasteiger charge is -2.21. The van der Waals surface area contributed by atoms with E-state index in [2.05, 4.69) is 21.7 Å². The molecule has 27 heavy (non-hydrogen) atoms. The van der Waals surface area contributed by atoms with E-state index in [4.69, 9.17) is 0 Å². The average Bonchev–Trinajstić information content (AvgIpc) is 3.11. The Morgan fingerprint density at radius 3 is 2.44 bits per heavy atom. The molecule has 5 nitrogen and oxygen atoms in total. The minimum absolute atomic E-state index is 0.0821. The summed E-state index contributed by atoms with van der Waals surface area (Å²) < 4.78 is 0. The van der Waals surface area contributed by atoms with Crippen LogP contribution in [0, 0.1) is 5.92 Å². The lowest BCUT2D eigenvalue weighted by atomic mass is 10.00. The number of hydrogen-bond acceptors (Lipinski definition) is 2. The fraction of sp³-hybridized carbons (Fsp3) is 0.273. The van der Waals surface area contributed by atoms with Gasteiger partial charge in [0.1, 0.15) is 0 Å². The second kappa shape index (κ2) is 8.08. The fourth-order valence-electron chi connectivity index (χ4n) is 3.05. The molecule has 1 aromatic heterocycles. The molecule has 0 aliphatic carbocycles. The Hall–Kier alpha value is -3.08. The first kappa shape index (κ1) is 18.7. The second-order valence-electron chi connectivity index (χ2n) is 7.05. The molecule has 5 heteroatoms. The molecule has 2 amide bonds. The zero-order valence-electron chi connectivity index (χ0n) is 15.9. The third-order valence-corrected chi connectivity index (χ3v) is 4.77. The van der Waals surface area contributed by atoms with Gasteiger partial charge in [-0.25, -0.2) is 0 Å². The molecule has 0 bridgehead atoms. The molecule has 140 valence electrons. The zero-order valence-corrected chi connectivity index (χ0v) is 15.9. The maximum atomic E-state index is 12.7. The molecule has 0 saturated carbocycles. The van der Waals surface area contributed by atoms with E-state index >= 15 is 0 Å². The van der Waals surface area contributed by atoms with Crippen molar-refractivity contribution >= 4 is 22.7 Å². The van der Waals surface area contributed by atoms with E-state index in [-0.39, 0.29) is 30.2 Å². The van der Waals surface area contributed by atoms with Gasteiger partial charge in [-0.15, -0.1) is 0 Å². The Morgan fingerprint density at radius 1 is 1.04 bits per heavy atom. The number of H-pyrrole nitrogens is 1. The first-order valence-electron chi connectivity index (χ1n) is 9.17. The van der Waals surface area contributed by atoms with Gasteiger partial charge in [0.25, 0.3) is 5.91 Å². The van der Waals surface area contributed by atoms with Crippen LogP contribution < -0.4 is 10.6 Å². The normalized spacial score (nSPS) is 12.1. The minimum Gasteiger partial charge on any atom is -0.359 e. The molecule has 1 atom stereocenters. The lowest BCUT2D eigenvalue weighted by molar-refractivity contribution is -0.121. The summed E-state index contributed by atoms with van der Waals surface area (Å²) in [7, 11) is 1.60. The lowest BCUT2D eigenvalue weighted by Crippen LogP contribution is -2.41. The molecule has 0 fully saturated rings. The number of amides is 2. The van der Waals surface area contributed by atoms with Gasteiger partial charge in [-0.3, -0.25) is 9.59 Å². The largest absolute Gasteiger partial charge is 0.359 e. The van der Waals surface area contributed by atoms with Crippen molar-refractivity contribution in [1.29, 1.82) is 0 Å². The smallest absolute Gasteiger partial charge is 0.251 e. The molecule has 0 aliphatic rings. The first-order chi connectivity index (χ1) is 13.0. The van der Waals surface area contributed by atoms with Crippen molar-refractivity contribution in [3.8, 4) is 11.3 Å². The van der Waals surface area contributed by atoms with Crippen LogP contribution in [0.15, 0.2) is 54.6 Å². The number of rotatable bonds is 6. The van der Waals surface area contributed by atoms with E-state index in [0.29, 0.717) is 5.56 Å². The molecular weight excluding hydrogens is 338 g/mol. The molecule has 0 saturated heterocycles. The third-order valence-electron chi connectivity index (χ3n) is 4.77. The van der Waals surface area contributed by atoms with Gasteiger partial charge in [-0.05, 0) is 29.7 Å². The third kappa shape index (κ3) is 4.37. The van der Waals surface area contributed by atoms with Crippen LogP contribution in [0.4, 0.5) is 0 Å². The maximum absolute atomic E-state index is 12.7. The number of hydrogen-bond donors (Lipinski definition) is 3. The van der Waals surface area contributed by atoms with Crippen molar-refractivity contribution in [3.63, 3.8) is 0 Å². The summed E-state index contributed by atoms with van der Waals surface area (Å²) in [5.41, 5.74) is 3.61. The summed E-state index contributed by atoms with van der Waals surface area (Å²) in [5, 5.41) is 6.65. The van der Waals surface area contributed by atoms with Crippen LogP contribution in [0.25, 0.3) is 22.2 Å². The van der Waals surface area contributed by atoms with Crippen molar-refractivity contribution in [3.05, 3.63) is 60.2 Å². The Labute approximate surface area is 159 Å². The molecule has 0 aliphatic heterocycles. The standard InChI is InChI=1S/C22H25N3O2/c1-14(2)18(13-21(26)23-3)25-22(27)17-10-9-16-11-19(24-20(16)12-17)15-7-5-4-6-8-15/h4-12,14,18,24H,13H2,1-3H3,(H,23,26)(H,25,27). The van der Waals surface area contributed by atoms with E-state index in [1.807, 2.05) is 62.4 Å². The molecule has 0 radical (unpaired) electrons.